The van der Waals surface area contributed by atoms with Crippen LogP contribution in [-0.4, -0.2) is 24.4 Å². The van der Waals surface area contributed by atoms with Crippen molar-refractivity contribution in [2.75, 3.05) is 12.4 Å². The van der Waals surface area contributed by atoms with E-state index in [1.54, 1.807) is 13.2 Å². The normalized spacial score (nSPS) is 23.8. The monoisotopic (exact) mass is 255 g/mol. The first-order valence-corrected chi connectivity index (χ1v) is 6.28. The zero-order valence-electron chi connectivity index (χ0n) is 10.2. The summed E-state index contributed by atoms with van der Waals surface area (Å²) in [6.07, 6.45) is 2.66. The maximum atomic E-state index is 9.81. The number of aryl methyl sites for hydroxylation is 1. The lowest BCUT2D eigenvalue weighted by Gasteiger charge is -2.20. The number of aliphatic hydroxyl groups is 1. The molecule has 2 atom stereocenters. The lowest BCUT2D eigenvalue weighted by Crippen LogP contribution is -2.28. The second-order valence-corrected chi connectivity index (χ2v) is 4.96. The van der Waals surface area contributed by atoms with E-state index in [1.807, 2.05) is 13.0 Å². The minimum absolute atomic E-state index is 0.115. The van der Waals surface area contributed by atoms with Gasteiger partial charge in [-0.1, -0.05) is 11.6 Å². The molecule has 0 saturated heterocycles. The van der Waals surface area contributed by atoms with Gasteiger partial charge in [-0.05, 0) is 37.8 Å². The number of anilines is 1. The summed E-state index contributed by atoms with van der Waals surface area (Å²) in [6.45, 7) is 1.96. The van der Waals surface area contributed by atoms with Crippen molar-refractivity contribution in [1.29, 1.82) is 0 Å². The summed E-state index contributed by atoms with van der Waals surface area (Å²) in [4.78, 5) is 0. The fourth-order valence-electron chi connectivity index (χ4n) is 2.25. The van der Waals surface area contributed by atoms with E-state index in [1.165, 1.54) is 0 Å². The predicted molar refractivity (Wildman–Crippen MR) is 70.0 cm³/mol. The molecule has 2 rings (SSSR count). The molecule has 0 radical (unpaired) electrons. The Morgan fingerprint density at radius 2 is 2.18 bits per heavy atom. The largest absolute Gasteiger partial charge is 0.495 e. The van der Waals surface area contributed by atoms with Gasteiger partial charge in [0, 0.05) is 11.1 Å². The van der Waals surface area contributed by atoms with Crippen LogP contribution in [0, 0.1) is 6.92 Å². The summed E-state index contributed by atoms with van der Waals surface area (Å²) < 4.78 is 5.30. The molecule has 0 heterocycles. The molecule has 0 amide bonds. The number of rotatable bonds is 3. The van der Waals surface area contributed by atoms with Crippen LogP contribution in [-0.2, 0) is 0 Å². The van der Waals surface area contributed by atoms with Gasteiger partial charge < -0.3 is 15.2 Å². The zero-order valence-corrected chi connectivity index (χ0v) is 10.9. The molecule has 0 aromatic heterocycles. The maximum Gasteiger partial charge on any atom is 0.143 e. The summed E-state index contributed by atoms with van der Waals surface area (Å²) in [5, 5.41) is 13.8. The van der Waals surface area contributed by atoms with Gasteiger partial charge in [0.15, 0.2) is 0 Å². The Hall–Kier alpha value is -0.930. The van der Waals surface area contributed by atoms with Crippen LogP contribution >= 0.6 is 11.6 Å². The highest BCUT2D eigenvalue weighted by Gasteiger charge is 2.25. The minimum atomic E-state index is -0.268. The molecule has 1 fully saturated rings. The fraction of sp³-hybridized carbons (Fsp3) is 0.538. The van der Waals surface area contributed by atoms with Crippen LogP contribution in [0.2, 0.25) is 5.02 Å². The SMILES string of the molecule is COc1cc(Cl)c(C)cc1NC1CCCC1O. The van der Waals surface area contributed by atoms with Crippen LogP contribution in [0.5, 0.6) is 5.75 Å². The average molecular weight is 256 g/mol. The third-order valence-electron chi connectivity index (χ3n) is 3.30. The Morgan fingerprint density at radius 3 is 2.76 bits per heavy atom. The van der Waals surface area contributed by atoms with Crippen LogP contribution in [0.3, 0.4) is 0 Å². The highest BCUT2D eigenvalue weighted by Crippen LogP contribution is 2.33. The number of hydrogen-bond donors (Lipinski definition) is 2. The molecule has 2 N–H and O–H groups in total. The maximum absolute atomic E-state index is 9.81. The molecule has 1 aliphatic rings. The summed E-state index contributed by atoms with van der Waals surface area (Å²) in [6, 6.07) is 3.89. The lowest BCUT2D eigenvalue weighted by atomic mass is 10.1. The topological polar surface area (TPSA) is 41.5 Å². The first-order chi connectivity index (χ1) is 8.11. The molecule has 1 aromatic rings. The van der Waals surface area contributed by atoms with Crippen molar-refractivity contribution in [3.8, 4) is 5.75 Å². The van der Waals surface area contributed by atoms with Crippen molar-refractivity contribution in [2.24, 2.45) is 0 Å². The van der Waals surface area contributed by atoms with Crippen molar-refractivity contribution in [2.45, 2.75) is 38.3 Å². The van der Waals surface area contributed by atoms with Crippen LogP contribution < -0.4 is 10.1 Å². The Morgan fingerprint density at radius 1 is 1.41 bits per heavy atom. The molecule has 94 valence electrons. The average Bonchev–Trinajstić information content (AvgIpc) is 2.69. The van der Waals surface area contributed by atoms with E-state index >= 15 is 0 Å². The van der Waals surface area contributed by atoms with Gasteiger partial charge in [-0.2, -0.15) is 0 Å². The smallest absolute Gasteiger partial charge is 0.143 e. The molecule has 1 aromatic carbocycles. The van der Waals surface area contributed by atoms with Gasteiger partial charge in [0.2, 0.25) is 0 Å². The Labute approximate surface area is 107 Å². The van der Waals surface area contributed by atoms with Gasteiger partial charge in [-0.3, -0.25) is 0 Å². The summed E-state index contributed by atoms with van der Waals surface area (Å²) in [5.74, 6) is 0.722. The number of methoxy groups -OCH3 is 1. The molecule has 0 spiro atoms. The van der Waals surface area contributed by atoms with Crippen LogP contribution in [0.15, 0.2) is 12.1 Å². The van der Waals surface area contributed by atoms with E-state index < -0.39 is 0 Å². The first kappa shape index (κ1) is 12.5. The van der Waals surface area contributed by atoms with Gasteiger partial charge in [-0.25, -0.2) is 0 Å². The number of ether oxygens (including phenoxy) is 1. The van der Waals surface area contributed by atoms with Crippen molar-refractivity contribution in [1.82, 2.24) is 0 Å². The number of hydrogen-bond acceptors (Lipinski definition) is 3. The van der Waals surface area contributed by atoms with Crippen LogP contribution in [0.4, 0.5) is 5.69 Å². The molecule has 1 aliphatic carbocycles. The van der Waals surface area contributed by atoms with Crippen molar-refractivity contribution < 1.29 is 9.84 Å². The van der Waals surface area contributed by atoms with E-state index in [0.717, 1.165) is 36.3 Å². The molecule has 3 nitrogen and oxygen atoms in total. The molecule has 0 bridgehead atoms. The quantitative estimate of drug-likeness (QED) is 0.873. The van der Waals surface area contributed by atoms with Gasteiger partial charge >= 0.3 is 0 Å². The van der Waals surface area contributed by atoms with Crippen molar-refractivity contribution >= 4 is 17.3 Å². The molecular weight excluding hydrogens is 238 g/mol. The van der Waals surface area contributed by atoms with E-state index in [9.17, 15) is 5.11 Å². The Balaban J connectivity index is 2.22. The highest BCUT2D eigenvalue weighted by atomic mass is 35.5. The molecule has 4 heteroatoms. The first-order valence-electron chi connectivity index (χ1n) is 5.90. The van der Waals surface area contributed by atoms with E-state index in [0.29, 0.717) is 5.02 Å². The second-order valence-electron chi connectivity index (χ2n) is 4.55. The molecule has 1 saturated carbocycles. The number of halogens is 1. The number of nitrogens with one attached hydrogen (secondary N) is 1. The van der Waals surface area contributed by atoms with E-state index in [-0.39, 0.29) is 12.1 Å². The fourth-order valence-corrected chi connectivity index (χ4v) is 2.41. The standard InChI is InChI=1S/C13H18ClNO2/c1-8-6-11(13(17-2)7-9(8)14)15-10-4-3-5-12(10)16/h6-7,10,12,15-16H,3-5H2,1-2H3. The Kier molecular flexibility index (Phi) is 3.79. The second kappa shape index (κ2) is 5.15. The molecule has 2 unspecified atom stereocenters. The summed E-state index contributed by atoms with van der Waals surface area (Å²) in [7, 11) is 1.62. The number of aliphatic hydroxyl groups excluding tert-OH is 1. The minimum Gasteiger partial charge on any atom is -0.495 e. The molecule has 0 aliphatic heterocycles. The molecular formula is C13H18ClNO2. The van der Waals surface area contributed by atoms with Gasteiger partial charge in [0.25, 0.3) is 0 Å². The van der Waals surface area contributed by atoms with Gasteiger partial charge in [-0.15, -0.1) is 0 Å². The third-order valence-corrected chi connectivity index (χ3v) is 3.71. The van der Waals surface area contributed by atoms with Gasteiger partial charge in [0.05, 0.1) is 24.9 Å². The third kappa shape index (κ3) is 2.67. The molecule has 17 heavy (non-hydrogen) atoms. The van der Waals surface area contributed by atoms with Crippen LogP contribution in [0.25, 0.3) is 0 Å². The lowest BCUT2D eigenvalue weighted by molar-refractivity contribution is 0.171. The predicted octanol–water partition coefficient (Wildman–Crippen LogP) is 2.98. The van der Waals surface area contributed by atoms with E-state index in [4.69, 9.17) is 16.3 Å². The Bertz CT molecular complexity index is 409. The summed E-state index contributed by atoms with van der Waals surface area (Å²) >= 11 is 6.05. The number of benzene rings is 1. The summed E-state index contributed by atoms with van der Waals surface area (Å²) in [5.41, 5.74) is 1.91. The van der Waals surface area contributed by atoms with Crippen molar-refractivity contribution in [3.63, 3.8) is 0 Å². The van der Waals surface area contributed by atoms with Crippen molar-refractivity contribution in [3.05, 3.63) is 22.7 Å². The van der Waals surface area contributed by atoms with Gasteiger partial charge in [0.1, 0.15) is 5.75 Å². The van der Waals surface area contributed by atoms with Crippen LogP contribution in [0.1, 0.15) is 24.8 Å². The zero-order chi connectivity index (χ0) is 12.4. The highest BCUT2D eigenvalue weighted by molar-refractivity contribution is 6.31. The van der Waals surface area contributed by atoms with E-state index in [2.05, 4.69) is 5.32 Å².